The van der Waals surface area contributed by atoms with Crippen molar-refractivity contribution >= 4 is 15.9 Å². The minimum Gasteiger partial charge on any atom is -0.378 e. The molecule has 1 heterocycles. The summed E-state index contributed by atoms with van der Waals surface area (Å²) in [4.78, 5) is 0. The molecule has 0 N–H and O–H groups in total. The SMILES string of the molecule is CCc1nn(CC)c(COC)c1Br. The number of aromatic nitrogens is 2. The summed E-state index contributed by atoms with van der Waals surface area (Å²) in [5.74, 6) is 0. The number of ether oxygens (including phenoxy) is 1. The van der Waals surface area contributed by atoms with Gasteiger partial charge in [-0.3, -0.25) is 4.68 Å². The molecule has 0 aliphatic rings. The minimum absolute atomic E-state index is 0.613. The second-order valence-corrected chi connectivity index (χ2v) is 3.60. The lowest BCUT2D eigenvalue weighted by molar-refractivity contribution is 0.176. The standard InChI is InChI=1S/C9H15BrN2O/c1-4-7-9(10)8(6-13-3)12(5-2)11-7/h4-6H2,1-3H3. The van der Waals surface area contributed by atoms with E-state index in [0.29, 0.717) is 6.61 Å². The summed E-state index contributed by atoms with van der Waals surface area (Å²) in [6.45, 7) is 5.68. The Morgan fingerprint density at radius 2 is 2.15 bits per heavy atom. The highest BCUT2D eigenvalue weighted by Crippen LogP contribution is 2.22. The van der Waals surface area contributed by atoms with Crippen molar-refractivity contribution in [2.45, 2.75) is 33.4 Å². The highest BCUT2D eigenvalue weighted by molar-refractivity contribution is 9.10. The van der Waals surface area contributed by atoms with Crippen molar-refractivity contribution in [2.75, 3.05) is 7.11 Å². The maximum atomic E-state index is 5.12. The van der Waals surface area contributed by atoms with Crippen LogP contribution in [0.1, 0.15) is 25.2 Å². The molecular weight excluding hydrogens is 232 g/mol. The van der Waals surface area contributed by atoms with Crippen LogP contribution in [0.3, 0.4) is 0 Å². The number of halogens is 1. The van der Waals surface area contributed by atoms with Crippen LogP contribution in [-0.2, 0) is 24.3 Å². The summed E-state index contributed by atoms with van der Waals surface area (Å²) in [7, 11) is 1.70. The van der Waals surface area contributed by atoms with Crippen molar-refractivity contribution in [3.63, 3.8) is 0 Å². The third kappa shape index (κ3) is 2.11. The van der Waals surface area contributed by atoms with E-state index in [9.17, 15) is 0 Å². The van der Waals surface area contributed by atoms with Crippen molar-refractivity contribution in [2.24, 2.45) is 0 Å². The van der Waals surface area contributed by atoms with E-state index in [2.05, 4.69) is 34.9 Å². The highest BCUT2D eigenvalue weighted by atomic mass is 79.9. The van der Waals surface area contributed by atoms with Crippen LogP contribution in [0.5, 0.6) is 0 Å². The fraction of sp³-hybridized carbons (Fsp3) is 0.667. The summed E-state index contributed by atoms with van der Waals surface area (Å²) in [6, 6.07) is 0. The van der Waals surface area contributed by atoms with Crippen LogP contribution in [0.25, 0.3) is 0 Å². The molecule has 1 aromatic heterocycles. The first kappa shape index (κ1) is 10.7. The molecule has 1 rings (SSSR count). The van der Waals surface area contributed by atoms with Gasteiger partial charge in [-0.1, -0.05) is 6.92 Å². The Morgan fingerprint density at radius 3 is 2.62 bits per heavy atom. The summed E-state index contributed by atoms with van der Waals surface area (Å²) in [5, 5.41) is 4.46. The molecule has 13 heavy (non-hydrogen) atoms. The monoisotopic (exact) mass is 246 g/mol. The van der Waals surface area contributed by atoms with E-state index in [1.165, 1.54) is 0 Å². The quantitative estimate of drug-likeness (QED) is 0.816. The van der Waals surface area contributed by atoms with E-state index in [-0.39, 0.29) is 0 Å². The minimum atomic E-state index is 0.613. The van der Waals surface area contributed by atoms with Crippen LogP contribution < -0.4 is 0 Å². The van der Waals surface area contributed by atoms with Gasteiger partial charge >= 0.3 is 0 Å². The van der Waals surface area contributed by atoms with Gasteiger partial charge in [0.2, 0.25) is 0 Å². The zero-order valence-corrected chi connectivity index (χ0v) is 9.89. The number of hydrogen-bond acceptors (Lipinski definition) is 2. The molecule has 0 amide bonds. The van der Waals surface area contributed by atoms with Crippen molar-refractivity contribution in [1.29, 1.82) is 0 Å². The number of hydrogen-bond donors (Lipinski definition) is 0. The fourth-order valence-corrected chi connectivity index (χ4v) is 1.97. The zero-order valence-electron chi connectivity index (χ0n) is 8.30. The number of methoxy groups -OCH3 is 1. The second-order valence-electron chi connectivity index (χ2n) is 2.81. The van der Waals surface area contributed by atoms with E-state index in [1.54, 1.807) is 7.11 Å². The van der Waals surface area contributed by atoms with Crippen LogP contribution in [0, 0.1) is 0 Å². The molecule has 74 valence electrons. The Hall–Kier alpha value is -0.350. The molecule has 1 aromatic rings. The van der Waals surface area contributed by atoms with Gasteiger partial charge in [-0.15, -0.1) is 0 Å². The third-order valence-electron chi connectivity index (χ3n) is 1.98. The zero-order chi connectivity index (χ0) is 9.84. The summed E-state index contributed by atoms with van der Waals surface area (Å²) in [6.07, 6.45) is 0.949. The summed E-state index contributed by atoms with van der Waals surface area (Å²) >= 11 is 3.54. The van der Waals surface area contributed by atoms with Gasteiger partial charge in [0.25, 0.3) is 0 Å². The lowest BCUT2D eigenvalue weighted by Gasteiger charge is -2.02. The number of rotatable bonds is 4. The first-order chi connectivity index (χ1) is 6.24. The van der Waals surface area contributed by atoms with Gasteiger partial charge in [-0.05, 0) is 29.3 Å². The first-order valence-electron chi connectivity index (χ1n) is 4.47. The second kappa shape index (κ2) is 4.77. The van der Waals surface area contributed by atoms with Crippen LogP contribution in [0.15, 0.2) is 4.47 Å². The predicted octanol–water partition coefficient (Wildman–Crippen LogP) is 2.37. The molecule has 0 aliphatic carbocycles. The average molecular weight is 247 g/mol. The van der Waals surface area contributed by atoms with Crippen LogP contribution >= 0.6 is 15.9 Å². The Kier molecular flexibility index (Phi) is 3.93. The Morgan fingerprint density at radius 1 is 1.46 bits per heavy atom. The molecule has 0 aliphatic heterocycles. The van der Waals surface area contributed by atoms with Crippen molar-refractivity contribution in [3.05, 3.63) is 15.9 Å². The van der Waals surface area contributed by atoms with Crippen LogP contribution in [-0.4, -0.2) is 16.9 Å². The molecule has 0 spiro atoms. The fourth-order valence-electron chi connectivity index (χ4n) is 1.29. The normalized spacial score (nSPS) is 10.8. The molecule has 0 aromatic carbocycles. The molecule has 0 unspecified atom stereocenters. The molecule has 0 radical (unpaired) electrons. The maximum Gasteiger partial charge on any atom is 0.0892 e. The van der Waals surface area contributed by atoms with Gasteiger partial charge in [0.15, 0.2) is 0 Å². The molecule has 0 atom stereocenters. The van der Waals surface area contributed by atoms with Gasteiger partial charge < -0.3 is 4.74 Å². The van der Waals surface area contributed by atoms with Crippen molar-refractivity contribution in [1.82, 2.24) is 9.78 Å². The average Bonchev–Trinajstić information content (AvgIpc) is 2.45. The molecular formula is C9H15BrN2O. The van der Waals surface area contributed by atoms with E-state index >= 15 is 0 Å². The number of aryl methyl sites for hydroxylation is 2. The third-order valence-corrected chi connectivity index (χ3v) is 2.89. The largest absolute Gasteiger partial charge is 0.378 e. The van der Waals surface area contributed by atoms with Gasteiger partial charge in [0, 0.05) is 13.7 Å². The van der Waals surface area contributed by atoms with Crippen molar-refractivity contribution in [3.8, 4) is 0 Å². The number of nitrogens with zero attached hydrogens (tertiary/aromatic N) is 2. The van der Waals surface area contributed by atoms with Gasteiger partial charge in [0.05, 0.1) is 22.5 Å². The maximum absolute atomic E-state index is 5.12. The van der Waals surface area contributed by atoms with Crippen LogP contribution in [0.2, 0.25) is 0 Å². The first-order valence-corrected chi connectivity index (χ1v) is 5.26. The smallest absolute Gasteiger partial charge is 0.0892 e. The summed E-state index contributed by atoms with van der Waals surface area (Å²) < 4.78 is 8.19. The van der Waals surface area contributed by atoms with Crippen molar-refractivity contribution < 1.29 is 4.74 Å². The van der Waals surface area contributed by atoms with Gasteiger partial charge in [-0.25, -0.2) is 0 Å². The van der Waals surface area contributed by atoms with E-state index in [1.807, 2.05) is 4.68 Å². The van der Waals surface area contributed by atoms with Crippen LogP contribution in [0.4, 0.5) is 0 Å². The van der Waals surface area contributed by atoms with Gasteiger partial charge in [0.1, 0.15) is 0 Å². The van der Waals surface area contributed by atoms with Gasteiger partial charge in [-0.2, -0.15) is 5.10 Å². The predicted molar refractivity (Wildman–Crippen MR) is 55.7 cm³/mol. The Labute approximate surface area is 87.2 Å². The molecule has 4 heteroatoms. The lowest BCUT2D eigenvalue weighted by atomic mass is 10.3. The summed E-state index contributed by atoms with van der Waals surface area (Å²) in [5.41, 5.74) is 2.23. The van der Waals surface area contributed by atoms with E-state index in [4.69, 9.17) is 4.74 Å². The Bertz CT molecular complexity index is 283. The molecule has 0 saturated carbocycles. The highest BCUT2D eigenvalue weighted by Gasteiger charge is 2.12. The topological polar surface area (TPSA) is 27.1 Å². The molecule has 0 bridgehead atoms. The van der Waals surface area contributed by atoms with E-state index < -0.39 is 0 Å². The molecule has 0 saturated heterocycles. The van der Waals surface area contributed by atoms with E-state index in [0.717, 1.165) is 28.8 Å². The lowest BCUT2D eigenvalue weighted by Crippen LogP contribution is -2.03. The molecule has 3 nitrogen and oxygen atoms in total. The molecule has 0 fully saturated rings. The Balaban J connectivity index is 3.05.